The highest BCUT2D eigenvalue weighted by Gasteiger charge is 1.82. The van der Waals surface area contributed by atoms with Crippen molar-refractivity contribution in [2.75, 3.05) is 0 Å². The third-order valence-electron chi connectivity index (χ3n) is 1.70. The van der Waals surface area contributed by atoms with E-state index in [1.165, 1.54) is 19.3 Å². The molecule has 0 fully saturated rings. The van der Waals surface area contributed by atoms with Gasteiger partial charge >= 0.3 is 0 Å². The monoisotopic (exact) mass is 147 g/mol. The topological polar surface area (TPSA) is 0 Å². The van der Waals surface area contributed by atoms with Crippen LogP contribution in [-0.2, 0) is 0 Å². The molecule has 0 aromatic rings. The van der Waals surface area contributed by atoms with Crippen LogP contribution in [0.25, 0.3) is 0 Å². The van der Waals surface area contributed by atoms with E-state index in [0.29, 0.717) is 0 Å². The van der Waals surface area contributed by atoms with E-state index in [2.05, 4.69) is 36.5 Å². The minimum atomic E-state index is 1.07. The van der Waals surface area contributed by atoms with Crippen LogP contribution in [-0.4, -0.2) is 0 Å². The first-order valence-electron chi connectivity index (χ1n) is 4.37. The summed E-state index contributed by atoms with van der Waals surface area (Å²) in [6.45, 7) is 0. The maximum absolute atomic E-state index is 3.28. The smallest absolute Gasteiger partial charge is 0.0245 e. The molecule has 0 N–H and O–H groups in total. The summed E-state index contributed by atoms with van der Waals surface area (Å²) < 4.78 is 0. The van der Waals surface area contributed by atoms with Crippen LogP contribution in [0.4, 0.5) is 0 Å². The maximum Gasteiger partial charge on any atom is -0.0245 e. The molecular weight excluding hydrogens is 132 g/mol. The molecule has 0 aromatic carbocycles. The van der Waals surface area contributed by atoms with Crippen molar-refractivity contribution in [3.63, 3.8) is 0 Å². The van der Waals surface area contributed by atoms with Crippen molar-refractivity contribution < 1.29 is 0 Å². The minimum Gasteiger partial charge on any atom is -0.0845 e. The Balaban J connectivity index is 2.34. The van der Waals surface area contributed by atoms with Crippen LogP contribution in [0.3, 0.4) is 0 Å². The molecule has 0 unspecified atom stereocenters. The number of rotatable bonds is 0. The van der Waals surface area contributed by atoms with Gasteiger partial charge in [0.1, 0.15) is 0 Å². The molecule has 1 aliphatic carbocycles. The Morgan fingerprint density at radius 1 is 0.909 bits per heavy atom. The molecule has 0 bridgehead atoms. The lowest BCUT2D eigenvalue weighted by Gasteiger charge is -1.87. The number of hydrogen-bond donors (Lipinski definition) is 0. The SMILES string of the molecule is [C]1=CCCCC=CC=CCC1. The molecule has 0 spiro atoms. The van der Waals surface area contributed by atoms with Crippen LogP contribution in [0.1, 0.15) is 32.1 Å². The summed E-state index contributed by atoms with van der Waals surface area (Å²) in [5, 5.41) is 0. The molecule has 1 rings (SSSR count). The standard InChI is InChI=1S/C11H15/c1-2-4-6-8-10-11-9-7-5-3-1/h1-4,11H,5-9H2. The molecule has 1 radical (unpaired) electrons. The van der Waals surface area contributed by atoms with Crippen LogP contribution in [0.5, 0.6) is 0 Å². The fraction of sp³-hybridized carbons (Fsp3) is 0.455. The van der Waals surface area contributed by atoms with E-state index in [4.69, 9.17) is 0 Å². The van der Waals surface area contributed by atoms with Gasteiger partial charge in [0.05, 0.1) is 0 Å². The Morgan fingerprint density at radius 2 is 1.73 bits per heavy atom. The third-order valence-corrected chi connectivity index (χ3v) is 1.70. The second-order valence-electron chi connectivity index (χ2n) is 2.73. The van der Waals surface area contributed by atoms with Gasteiger partial charge in [0, 0.05) is 0 Å². The maximum atomic E-state index is 3.28. The van der Waals surface area contributed by atoms with Crippen molar-refractivity contribution in [3.8, 4) is 0 Å². The summed E-state index contributed by atoms with van der Waals surface area (Å²) in [6, 6.07) is 0. The highest BCUT2D eigenvalue weighted by atomic mass is 13.9. The Bertz CT molecular complexity index is 161. The highest BCUT2D eigenvalue weighted by molar-refractivity contribution is 5.03. The molecule has 11 heavy (non-hydrogen) atoms. The molecule has 0 heteroatoms. The molecule has 0 atom stereocenters. The van der Waals surface area contributed by atoms with E-state index in [-0.39, 0.29) is 0 Å². The summed E-state index contributed by atoms with van der Waals surface area (Å²) >= 11 is 0. The van der Waals surface area contributed by atoms with Crippen molar-refractivity contribution >= 4 is 0 Å². The van der Waals surface area contributed by atoms with E-state index in [1.807, 2.05) is 0 Å². The highest BCUT2D eigenvalue weighted by Crippen LogP contribution is 2.01. The molecule has 1 aliphatic rings. The van der Waals surface area contributed by atoms with Gasteiger partial charge in [-0.15, -0.1) is 0 Å². The van der Waals surface area contributed by atoms with Crippen LogP contribution in [0, 0.1) is 6.08 Å². The van der Waals surface area contributed by atoms with Crippen molar-refractivity contribution in [3.05, 3.63) is 36.5 Å². The largest absolute Gasteiger partial charge is 0.0845 e. The predicted molar refractivity (Wildman–Crippen MR) is 49.2 cm³/mol. The van der Waals surface area contributed by atoms with E-state index >= 15 is 0 Å². The zero-order valence-corrected chi connectivity index (χ0v) is 6.92. The molecule has 0 saturated heterocycles. The van der Waals surface area contributed by atoms with Gasteiger partial charge in [-0.25, -0.2) is 0 Å². The molecule has 59 valence electrons. The lowest BCUT2D eigenvalue weighted by atomic mass is 10.2. The first-order valence-corrected chi connectivity index (χ1v) is 4.37. The summed E-state index contributed by atoms with van der Waals surface area (Å²) in [4.78, 5) is 0. The number of allylic oxidation sites excluding steroid dienone is 6. The van der Waals surface area contributed by atoms with Gasteiger partial charge < -0.3 is 0 Å². The van der Waals surface area contributed by atoms with E-state index in [9.17, 15) is 0 Å². The zero-order valence-electron chi connectivity index (χ0n) is 6.92. The first kappa shape index (κ1) is 8.32. The van der Waals surface area contributed by atoms with Crippen LogP contribution in [0.2, 0.25) is 0 Å². The molecule has 0 nitrogen and oxygen atoms in total. The molecule has 0 saturated carbocycles. The molecular formula is C11H15. The van der Waals surface area contributed by atoms with Crippen LogP contribution in [0.15, 0.2) is 30.4 Å². The van der Waals surface area contributed by atoms with Crippen molar-refractivity contribution in [1.82, 2.24) is 0 Å². The second kappa shape index (κ2) is 5.96. The Kier molecular flexibility index (Phi) is 4.51. The van der Waals surface area contributed by atoms with E-state index in [1.54, 1.807) is 0 Å². The normalized spacial score (nSPS) is 19.6. The van der Waals surface area contributed by atoms with Crippen LogP contribution >= 0.6 is 0 Å². The van der Waals surface area contributed by atoms with Gasteiger partial charge in [0.25, 0.3) is 0 Å². The van der Waals surface area contributed by atoms with Crippen molar-refractivity contribution in [1.29, 1.82) is 0 Å². The molecule has 0 aromatic heterocycles. The lowest BCUT2D eigenvalue weighted by Crippen LogP contribution is -1.68. The fourth-order valence-corrected chi connectivity index (χ4v) is 1.06. The van der Waals surface area contributed by atoms with Crippen molar-refractivity contribution in [2.45, 2.75) is 32.1 Å². The Morgan fingerprint density at radius 3 is 2.64 bits per heavy atom. The Hall–Kier alpha value is -0.780. The molecule has 0 amide bonds. The zero-order chi connectivity index (χ0) is 7.78. The number of hydrogen-bond acceptors (Lipinski definition) is 0. The van der Waals surface area contributed by atoms with Gasteiger partial charge in [-0.2, -0.15) is 0 Å². The second-order valence-corrected chi connectivity index (χ2v) is 2.73. The van der Waals surface area contributed by atoms with Gasteiger partial charge in [-0.1, -0.05) is 30.4 Å². The predicted octanol–water partition coefficient (Wildman–Crippen LogP) is 3.42. The lowest BCUT2D eigenvalue weighted by molar-refractivity contribution is 0.860. The van der Waals surface area contributed by atoms with Gasteiger partial charge in [-0.3, -0.25) is 0 Å². The summed E-state index contributed by atoms with van der Waals surface area (Å²) in [5.74, 6) is 0. The third kappa shape index (κ3) is 4.60. The average molecular weight is 147 g/mol. The summed E-state index contributed by atoms with van der Waals surface area (Å²) in [7, 11) is 0. The minimum absolute atomic E-state index is 1.07. The molecule has 0 heterocycles. The van der Waals surface area contributed by atoms with E-state index < -0.39 is 0 Å². The summed E-state index contributed by atoms with van der Waals surface area (Å²) in [5.41, 5.74) is 0. The average Bonchev–Trinajstić information content (AvgIpc) is 2.08. The Labute approximate surface area is 69.3 Å². The van der Waals surface area contributed by atoms with E-state index in [0.717, 1.165) is 12.8 Å². The van der Waals surface area contributed by atoms with Crippen LogP contribution < -0.4 is 0 Å². The van der Waals surface area contributed by atoms with Gasteiger partial charge in [-0.05, 0) is 38.2 Å². The first-order chi connectivity index (χ1) is 5.50. The van der Waals surface area contributed by atoms with Gasteiger partial charge in [0.15, 0.2) is 0 Å². The fourth-order valence-electron chi connectivity index (χ4n) is 1.06. The quantitative estimate of drug-likeness (QED) is 0.492. The molecule has 0 aliphatic heterocycles. The van der Waals surface area contributed by atoms with Gasteiger partial charge in [0.2, 0.25) is 0 Å². The summed E-state index contributed by atoms with van der Waals surface area (Å²) in [6.07, 6.45) is 20.0. The van der Waals surface area contributed by atoms with Crippen molar-refractivity contribution in [2.24, 2.45) is 0 Å².